The molecule has 0 radical (unpaired) electrons. The van der Waals surface area contributed by atoms with E-state index in [1.54, 1.807) is 0 Å². The zero-order valence-electron chi connectivity index (χ0n) is 11.0. The number of rotatable bonds is 6. The van der Waals surface area contributed by atoms with E-state index >= 15 is 0 Å². The highest BCUT2D eigenvalue weighted by molar-refractivity contribution is 9.10. The van der Waals surface area contributed by atoms with Crippen molar-refractivity contribution in [2.45, 2.75) is 12.8 Å². The zero-order valence-corrected chi connectivity index (χ0v) is 12.6. The molecule has 6 heteroatoms. The van der Waals surface area contributed by atoms with Gasteiger partial charge in [-0.2, -0.15) is 0 Å². The van der Waals surface area contributed by atoms with E-state index in [9.17, 15) is 13.6 Å². The predicted octanol–water partition coefficient (Wildman–Crippen LogP) is 2.80. The van der Waals surface area contributed by atoms with Crippen molar-refractivity contribution in [2.75, 3.05) is 27.2 Å². The molecular formula is C13H17BrF2N2O. The van der Waals surface area contributed by atoms with Crippen molar-refractivity contribution in [2.24, 2.45) is 0 Å². The molecule has 0 heterocycles. The molecule has 1 N–H and O–H groups in total. The summed E-state index contributed by atoms with van der Waals surface area (Å²) >= 11 is 2.97. The van der Waals surface area contributed by atoms with Gasteiger partial charge < -0.3 is 10.2 Å². The molecule has 0 saturated heterocycles. The lowest BCUT2D eigenvalue weighted by Gasteiger charge is -2.10. The van der Waals surface area contributed by atoms with Crippen molar-refractivity contribution in [1.82, 2.24) is 10.2 Å². The number of amides is 1. The molecule has 1 aromatic carbocycles. The average Bonchev–Trinajstić information content (AvgIpc) is 2.26. The molecule has 1 rings (SSSR count). The third-order valence-corrected chi connectivity index (χ3v) is 3.01. The maximum Gasteiger partial charge on any atom is 0.257 e. The molecule has 0 aliphatic carbocycles. The van der Waals surface area contributed by atoms with E-state index in [2.05, 4.69) is 21.2 Å². The van der Waals surface area contributed by atoms with Crippen LogP contribution in [0.2, 0.25) is 0 Å². The molecular weight excluding hydrogens is 318 g/mol. The Kier molecular flexibility index (Phi) is 6.37. The first kappa shape index (κ1) is 16.0. The number of nitrogens with zero attached hydrogens (tertiary/aromatic N) is 1. The summed E-state index contributed by atoms with van der Waals surface area (Å²) in [6.45, 7) is 1.32. The van der Waals surface area contributed by atoms with Crippen molar-refractivity contribution in [3.63, 3.8) is 0 Å². The van der Waals surface area contributed by atoms with E-state index in [0.29, 0.717) is 6.54 Å². The molecule has 0 unspecified atom stereocenters. The van der Waals surface area contributed by atoms with Crippen LogP contribution in [0.3, 0.4) is 0 Å². The molecule has 0 aromatic heterocycles. The highest BCUT2D eigenvalue weighted by Gasteiger charge is 2.17. The lowest BCUT2D eigenvalue weighted by molar-refractivity contribution is 0.0944. The minimum atomic E-state index is -0.863. The molecule has 19 heavy (non-hydrogen) atoms. The van der Waals surface area contributed by atoms with E-state index in [4.69, 9.17) is 0 Å². The fraction of sp³-hybridized carbons (Fsp3) is 0.462. The lowest BCUT2D eigenvalue weighted by atomic mass is 10.2. The molecule has 0 aliphatic rings. The number of carbonyl (C=O) groups excluding carboxylic acids is 1. The first-order valence-corrected chi connectivity index (χ1v) is 6.78. The van der Waals surface area contributed by atoms with Crippen LogP contribution in [0.15, 0.2) is 16.6 Å². The molecule has 0 bridgehead atoms. The molecule has 0 fully saturated rings. The van der Waals surface area contributed by atoms with Gasteiger partial charge in [0.1, 0.15) is 17.2 Å². The Morgan fingerprint density at radius 3 is 2.37 bits per heavy atom. The highest BCUT2D eigenvalue weighted by atomic mass is 79.9. The van der Waals surface area contributed by atoms with Crippen molar-refractivity contribution >= 4 is 21.8 Å². The topological polar surface area (TPSA) is 32.3 Å². The Labute approximate surface area is 120 Å². The first-order valence-electron chi connectivity index (χ1n) is 5.99. The van der Waals surface area contributed by atoms with Crippen molar-refractivity contribution in [1.29, 1.82) is 0 Å². The average molecular weight is 335 g/mol. The largest absolute Gasteiger partial charge is 0.352 e. The van der Waals surface area contributed by atoms with Gasteiger partial charge >= 0.3 is 0 Å². The van der Waals surface area contributed by atoms with Gasteiger partial charge in [-0.05, 0) is 45.6 Å². The Balaban J connectivity index is 2.50. The number of nitrogens with one attached hydrogen (secondary N) is 1. The van der Waals surface area contributed by atoms with E-state index in [0.717, 1.165) is 31.5 Å². The SMILES string of the molecule is CN(C)CCCCNC(=O)c1c(F)cc(Br)cc1F. The quantitative estimate of drug-likeness (QED) is 0.811. The van der Waals surface area contributed by atoms with E-state index < -0.39 is 23.1 Å². The summed E-state index contributed by atoms with van der Waals surface area (Å²) in [5.41, 5.74) is -0.532. The Morgan fingerprint density at radius 2 is 1.84 bits per heavy atom. The molecule has 0 saturated carbocycles. The number of benzene rings is 1. The van der Waals surface area contributed by atoms with Crippen LogP contribution in [-0.2, 0) is 0 Å². The van der Waals surface area contributed by atoms with Crippen LogP contribution in [0.4, 0.5) is 8.78 Å². The molecule has 0 atom stereocenters. The minimum Gasteiger partial charge on any atom is -0.352 e. The maximum absolute atomic E-state index is 13.5. The summed E-state index contributed by atoms with van der Waals surface area (Å²) in [6, 6.07) is 2.15. The van der Waals surface area contributed by atoms with E-state index in [1.165, 1.54) is 0 Å². The van der Waals surface area contributed by atoms with Gasteiger partial charge in [0, 0.05) is 11.0 Å². The number of hydrogen-bond donors (Lipinski definition) is 1. The van der Waals surface area contributed by atoms with Crippen molar-refractivity contribution < 1.29 is 13.6 Å². The van der Waals surface area contributed by atoms with Crippen LogP contribution in [0.5, 0.6) is 0 Å². The lowest BCUT2D eigenvalue weighted by Crippen LogP contribution is -2.27. The summed E-state index contributed by atoms with van der Waals surface area (Å²) < 4.78 is 27.3. The van der Waals surface area contributed by atoms with Crippen LogP contribution in [-0.4, -0.2) is 38.0 Å². The van der Waals surface area contributed by atoms with Gasteiger partial charge in [-0.1, -0.05) is 15.9 Å². The van der Waals surface area contributed by atoms with Crippen LogP contribution in [0.25, 0.3) is 0 Å². The summed E-state index contributed by atoms with van der Waals surface area (Å²) in [5, 5.41) is 2.52. The van der Waals surface area contributed by atoms with Crippen LogP contribution < -0.4 is 5.32 Å². The fourth-order valence-electron chi connectivity index (χ4n) is 1.60. The van der Waals surface area contributed by atoms with Gasteiger partial charge in [-0.3, -0.25) is 4.79 Å². The van der Waals surface area contributed by atoms with Gasteiger partial charge in [0.15, 0.2) is 0 Å². The fourth-order valence-corrected chi connectivity index (χ4v) is 2.00. The Hall–Kier alpha value is -1.01. The number of halogens is 3. The van der Waals surface area contributed by atoms with Gasteiger partial charge in [0.05, 0.1) is 0 Å². The third kappa shape index (κ3) is 5.24. The molecule has 3 nitrogen and oxygen atoms in total. The number of hydrogen-bond acceptors (Lipinski definition) is 2. The Morgan fingerprint density at radius 1 is 1.26 bits per heavy atom. The zero-order chi connectivity index (χ0) is 14.4. The molecule has 1 amide bonds. The minimum absolute atomic E-state index is 0.269. The van der Waals surface area contributed by atoms with Gasteiger partial charge in [0.2, 0.25) is 0 Å². The van der Waals surface area contributed by atoms with Crippen molar-refractivity contribution in [3.05, 3.63) is 33.8 Å². The van der Waals surface area contributed by atoms with Crippen LogP contribution in [0, 0.1) is 11.6 Å². The van der Waals surface area contributed by atoms with Gasteiger partial charge in [-0.25, -0.2) is 8.78 Å². The van der Waals surface area contributed by atoms with Crippen LogP contribution in [0.1, 0.15) is 23.2 Å². The second-order valence-electron chi connectivity index (χ2n) is 4.51. The highest BCUT2D eigenvalue weighted by Crippen LogP contribution is 2.19. The monoisotopic (exact) mass is 334 g/mol. The summed E-state index contributed by atoms with van der Waals surface area (Å²) in [7, 11) is 3.93. The van der Waals surface area contributed by atoms with E-state index in [1.807, 2.05) is 19.0 Å². The molecule has 0 spiro atoms. The second-order valence-corrected chi connectivity index (χ2v) is 5.43. The summed E-state index contributed by atoms with van der Waals surface area (Å²) in [6.07, 6.45) is 1.68. The smallest absolute Gasteiger partial charge is 0.257 e. The normalized spacial score (nSPS) is 10.8. The van der Waals surface area contributed by atoms with E-state index in [-0.39, 0.29) is 4.47 Å². The predicted molar refractivity (Wildman–Crippen MR) is 74.2 cm³/mol. The Bertz CT molecular complexity index is 429. The number of carbonyl (C=O) groups is 1. The number of unbranched alkanes of at least 4 members (excludes halogenated alkanes) is 1. The standard InChI is InChI=1S/C13H17BrF2N2O/c1-18(2)6-4-3-5-17-13(19)12-10(15)7-9(14)8-11(12)16/h7-8H,3-6H2,1-2H3,(H,17,19). The third-order valence-electron chi connectivity index (χ3n) is 2.55. The van der Waals surface area contributed by atoms with Crippen molar-refractivity contribution in [3.8, 4) is 0 Å². The molecule has 1 aromatic rings. The molecule has 106 valence electrons. The maximum atomic E-state index is 13.5. The van der Waals surface area contributed by atoms with Crippen LogP contribution >= 0.6 is 15.9 Å². The summed E-state index contributed by atoms with van der Waals surface area (Å²) in [5.74, 6) is -2.44. The molecule has 0 aliphatic heterocycles. The second kappa shape index (κ2) is 7.55. The van der Waals surface area contributed by atoms with Gasteiger partial charge in [0.25, 0.3) is 5.91 Å². The first-order chi connectivity index (χ1) is 8.91. The summed E-state index contributed by atoms with van der Waals surface area (Å²) in [4.78, 5) is 13.7. The van der Waals surface area contributed by atoms with Gasteiger partial charge in [-0.15, -0.1) is 0 Å².